The molecular weight excluding hydrogens is 260 g/mol. The van der Waals surface area contributed by atoms with Crippen LogP contribution in [0.4, 0.5) is 0 Å². The number of nitrogens with two attached hydrogens (primary N) is 1. The number of morpholine rings is 1. The maximum absolute atomic E-state index is 6.29. The molecule has 1 aliphatic rings. The van der Waals surface area contributed by atoms with Gasteiger partial charge in [-0.15, -0.1) is 0 Å². The minimum atomic E-state index is 0.0260. The summed E-state index contributed by atoms with van der Waals surface area (Å²) >= 11 is 6.00. The largest absolute Gasteiger partial charge is 0.374 e. The van der Waals surface area contributed by atoms with E-state index in [0.29, 0.717) is 0 Å². The molecule has 0 aliphatic carbocycles. The van der Waals surface area contributed by atoms with Gasteiger partial charge < -0.3 is 10.5 Å². The van der Waals surface area contributed by atoms with Crippen molar-refractivity contribution in [3.63, 3.8) is 0 Å². The normalized spacial score (nSPS) is 22.4. The number of nitrogens with zero attached hydrogens (tertiary/aromatic N) is 1. The van der Waals surface area contributed by atoms with E-state index in [0.717, 1.165) is 37.7 Å². The van der Waals surface area contributed by atoms with Crippen molar-refractivity contribution in [2.75, 3.05) is 26.2 Å². The zero-order valence-corrected chi connectivity index (χ0v) is 12.3. The van der Waals surface area contributed by atoms with E-state index in [1.54, 1.807) is 0 Å². The lowest BCUT2D eigenvalue weighted by molar-refractivity contribution is -0.0400. The quantitative estimate of drug-likeness (QED) is 0.901. The summed E-state index contributed by atoms with van der Waals surface area (Å²) in [5.41, 5.74) is 7.47. The minimum Gasteiger partial charge on any atom is -0.374 e. The molecule has 0 saturated carbocycles. The number of hydrogen-bond acceptors (Lipinski definition) is 3. The number of rotatable bonds is 5. The summed E-state index contributed by atoms with van der Waals surface area (Å²) in [6, 6.07) is 7.93. The Labute approximate surface area is 120 Å². The molecule has 19 heavy (non-hydrogen) atoms. The molecule has 0 aromatic heterocycles. The van der Waals surface area contributed by atoms with Crippen LogP contribution in [-0.2, 0) is 11.2 Å². The van der Waals surface area contributed by atoms with Gasteiger partial charge in [-0.05, 0) is 37.1 Å². The Kier molecular flexibility index (Phi) is 5.64. The summed E-state index contributed by atoms with van der Waals surface area (Å²) in [6.45, 7) is 6.08. The van der Waals surface area contributed by atoms with Crippen LogP contribution < -0.4 is 5.73 Å². The van der Waals surface area contributed by atoms with Crippen LogP contribution in [0.1, 0.15) is 18.9 Å². The highest BCUT2D eigenvalue weighted by molar-refractivity contribution is 6.30. The zero-order chi connectivity index (χ0) is 13.7. The summed E-state index contributed by atoms with van der Waals surface area (Å²) in [6.07, 6.45) is 2.11. The molecule has 106 valence electrons. The molecule has 2 rings (SSSR count). The molecule has 1 saturated heterocycles. The molecule has 0 radical (unpaired) electrons. The summed E-state index contributed by atoms with van der Waals surface area (Å²) < 4.78 is 5.82. The maximum atomic E-state index is 6.29. The van der Waals surface area contributed by atoms with E-state index < -0.39 is 0 Å². The van der Waals surface area contributed by atoms with Gasteiger partial charge in [0.25, 0.3) is 0 Å². The summed E-state index contributed by atoms with van der Waals surface area (Å²) in [5.74, 6) is 0. The molecule has 0 spiro atoms. The molecule has 0 bridgehead atoms. The van der Waals surface area contributed by atoms with Crippen LogP contribution in [0.15, 0.2) is 24.3 Å². The van der Waals surface area contributed by atoms with Crippen molar-refractivity contribution < 1.29 is 4.74 Å². The van der Waals surface area contributed by atoms with Crippen molar-refractivity contribution in [2.45, 2.75) is 31.9 Å². The van der Waals surface area contributed by atoms with E-state index in [4.69, 9.17) is 22.1 Å². The van der Waals surface area contributed by atoms with Crippen molar-refractivity contribution in [3.8, 4) is 0 Å². The standard InChI is InChI=1S/C15H23ClN2O/c1-2-6-18-7-8-19-15(11-18)14(17)10-12-4-3-5-13(16)9-12/h3-5,9,14-15H,2,6-8,10-11,17H2,1H3. The van der Waals surface area contributed by atoms with Gasteiger partial charge in [0, 0.05) is 24.2 Å². The Balaban J connectivity index is 1.90. The molecule has 1 aliphatic heterocycles. The lowest BCUT2D eigenvalue weighted by Gasteiger charge is -2.35. The molecule has 1 heterocycles. The maximum Gasteiger partial charge on any atom is 0.0856 e. The van der Waals surface area contributed by atoms with Crippen molar-refractivity contribution in [1.82, 2.24) is 4.90 Å². The van der Waals surface area contributed by atoms with Crippen LogP contribution >= 0.6 is 11.6 Å². The number of halogens is 1. The predicted molar refractivity (Wildman–Crippen MR) is 79.6 cm³/mol. The van der Waals surface area contributed by atoms with Gasteiger partial charge in [-0.1, -0.05) is 30.7 Å². The van der Waals surface area contributed by atoms with Crippen LogP contribution in [-0.4, -0.2) is 43.3 Å². The van der Waals surface area contributed by atoms with Gasteiger partial charge in [0.1, 0.15) is 0 Å². The van der Waals surface area contributed by atoms with Gasteiger partial charge >= 0.3 is 0 Å². The lowest BCUT2D eigenvalue weighted by atomic mass is 10.0. The summed E-state index contributed by atoms with van der Waals surface area (Å²) in [5, 5.41) is 0.766. The smallest absolute Gasteiger partial charge is 0.0856 e. The predicted octanol–water partition coefficient (Wildman–Crippen LogP) is 2.32. The van der Waals surface area contributed by atoms with E-state index in [2.05, 4.69) is 17.9 Å². The topological polar surface area (TPSA) is 38.5 Å². The third-order valence-corrected chi connectivity index (χ3v) is 3.79. The van der Waals surface area contributed by atoms with Gasteiger partial charge in [0.2, 0.25) is 0 Å². The molecule has 4 heteroatoms. The van der Waals surface area contributed by atoms with Gasteiger partial charge in [0.15, 0.2) is 0 Å². The van der Waals surface area contributed by atoms with Crippen LogP contribution in [0.25, 0.3) is 0 Å². The molecule has 2 unspecified atom stereocenters. The van der Waals surface area contributed by atoms with Gasteiger partial charge in [0.05, 0.1) is 12.7 Å². The third-order valence-electron chi connectivity index (χ3n) is 3.56. The Morgan fingerprint density at radius 3 is 3.11 bits per heavy atom. The van der Waals surface area contributed by atoms with E-state index in [1.165, 1.54) is 12.0 Å². The fourth-order valence-electron chi connectivity index (χ4n) is 2.58. The second-order valence-corrected chi connectivity index (χ2v) is 5.64. The first-order chi connectivity index (χ1) is 9.19. The van der Waals surface area contributed by atoms with Crippen molar-refractivity contribution in [3.05, 3.63) is 34.9 Å². The third kappa shape index (κ3) is 4.46. The highest BCUT2D eigenvalue weighted by atomic mass is 35.5. The number of ether oxygens (including phenoxy) is 1. The molecule has 1 fully saturated rings. The second-order valence-electron chi connectivity index (χ2n) is 5.21. The van der Waals surface area contributed by atoms with E-state index in [1.807, 2.05) is 18.2 Å². The second kappa shape index (κ2) is 7.25. The van der Waals surface area contributed by atoms with Crippen molar-refractivity contribution >= 4 is 11.6 Å². The Morgan fingerprint density at radius 1 is 1.53 bits per heavy atom. The van der Waals surface area contributed by atoms with E-state index >= 15 is 0 Å². The van der Waals surface area contributed by atoms with Crippen molar-refractivity contribution in [1.29, 1.82) is 0 Å². The molecule has 1 aromatic carbocycles. The Morgan fingerprint density at radius 2 is 2.37 bits per heavy atom. The molecule has 2 N–H and O–H groups in total. The molecule has 0 amide bonds. The van der Waals surface area contributed by atoms with Gasteiger partial charge in [-0.25, -0.2) is 0 Å². The van der Waals surface area contributed by atoms with E-state index in [-0.39, 0.29) is 12.1 Å². The average Bonchev–Trinajstić information content (AvgIpc) is 2.39. The minimum absolute atomic E-state index is 0.0260. The van der Waals surface area contributed by atoms with Crippen LogP contribution in [0.3, 0.4) is 0 Å². The molecule has 1 aromatic rings. The number of hydrogen-bond donors (Lipinski definition) is 1. The molecule has 2 atom stereocenters. The fourth-order valence-corrected chi connectivity index (χ4v) is 2.79. The first-order valence-electron chi connectivity index (χ1n) is 7.03. The van der Waals surface area contributed by atoms with Crippen LogP contribution in [0.5, 0.6) is 0 Å². The first kappa shape index (κ1) is 14.8. The van der Waals surface area contributed by atoms with Crippen LogP contribution in [0.2, 0.25) is 5.02 Å². The van der Waals surface area contributed by atoms with Crippen LogP contribution in [0, 0.1) is 0 Å². The summed E-state index contributed by atoms with van der Waals surface area (Å²) in [4.78, 5) is 2.44. The lowest BCUT2D eigenvalue weighted by Crippen LogP contribution is -2.51. The van der Waals surface area contributed by atoms with Gasteiger partial charge in [-0.2, -0.15) is 0 Å². The van der Waals surface area contributed by atoms with E-state index in [9.17, 15) is 0 Å². The summed E-state index contributed by atoms with van der Waals surface area (Å²) in [7, 11) is 0. The highest BCUT2D eigenvalue weighted by Gasteiger charge is 2.25. The SMILES string of the molecule is CCCN1CCOC(C(N)Cc2cccc(Cl)c2)C1. The number of benzene rings is 1. The Hall–Kier alpha value is -0.610. The van der Waals surface area contributed by atoms with Crippen molar-refractivity contribution in [2.24, 2.45) is 5.73 Å². The van der Waals surface area contributed by atoms with Gasteiger partial charge in [-0.3, -0.25) is 4.90 Å². The zero-order valence-electron chi connectivity index (χ0n) is 11.5. The first-order valence-corrected chi connectivity index (χ1v) is 7.41. The average molecular weight is 283 g/mol. The Bertz CT molecular complexity index is 397. The molecular formula is C15H23ClN2O. The fraction of sp³-hybridized carbons (Fsp3) is 0.600. The highest BCUT2D eigenvalue weighted by Crippen LogP contribution is 2.15. The molecule has 3 nitrogen and oxygen atoms in total. The monoisotopic (exact) mass is 282 g/mol.